The second-order valence-electron chi connectivity index (χ2n) is 6.14. The average Bonchev–Trinajstić information content (AvgIpc) is 3.24. The van der Waals surface area contributed by atoms with Gasteiger partial charge in [-0.25, -0.2) is 9.67 Å². The molecule has 9 nitrogen and oxygen atoms in total. The Kier molecular flexibility index (Phi) is 4.82. The first-order chi connectivity index (χ1) is 12.0. The van der Waals surface area contributed by atoms with Gasteiger partial charge >= 0.3 is 0 Å². The highest BCUT2D eigenvalue weighted by atomic mass is 16.1. The molecule has 0 bridgehead atoms. The third-order valence-electron chi connectivity index (χ3n) is 3.93. The molecule has 3 aromatic rings. The number of aryl methyl sites for hydroxylation is 1. The third-order valence-corrected chi connectivity index (χ3v) is 3.93. The van der Waals surface area contributed by atoms with E-state index in [9.17, 15) is 4.79 Å². The molecule has 9 heteroatoms. The first kappa shape index (κ1) is 16.7. The largest absolute Gasteiger partial charge is 0.342 e. The van der Waals surface area contributed by atoms with Crippen molar-refractivity contribution in [2.24, 2.45) is 13.0 Å². The predicted octanol–water partition coefficient (Wildman–Crippen LogP) is 0.977. The van der Waals surface area contributed by atoms with Crippen LogP contribution >= 0.6 is 0 Å². The molecule has 1 aromatic carbocycles. The summed E-state index contributed by atoms with van der Waals surface area (Å²) in [5.41, 5.74) is 1.60. The first-order valence-corrected chi connectivity index (χ1v) is 7.99. The van der Waals surface area contributed by atoms with Gasteiger partial charge in [0.05, 0.1) is 12.6 Å². The fourth-order valence-corrected chi connectivity index (χ4v) is 2.54. The number of aromatic nitrogens is 7. The van der Waals surface area contributed by atoms with Gasteiger partial charge in [-0.1, -0.05) is 26.0 Å². The van der Waals surface area contributed by atoms with Crippen molar-refractivity contribution in [1.29, 1.82) is 0 Å². The minimum atomic E-state index is -0.208. The SMILES string of the molecule is CC(C)C(NC(=O)c1ccc(Cn2cnnn2)cc1)c1ncnn1C. The summed E-state index contributed by atoms with van der Waals surface area (Å²) in [6.45, 7) is 4.63. The fraction of sp³-hybridized carbons (Fsp3) is 0.375. The summed E-state index contributed by atoms with van der Waals surface area (Å²) in [5.74, 6) is 0.778. The standard InChI is InChI=1S/C16H20N8O/c1-11(2)14(15-17-9-19-23(15)3)20-16(25)13-6-4-12(5-7-13)8-24-10-18-21-22-24/h4-7,9-11,14H,8H2,1-3H3,(H,20,25). The highest BCUT2D eigenvalue weighted by molar-refractivity contribution is 5.94. The number of rotatable bonds is 6. The van der Waals surface area contributed by atoms with Gasteiger partial charge < -0.3 is 5.32 Å². The molecule has 2 heterocycles. The van der Waals surface area contributed by atoms with E-state index in [4.69, 9.17) is 0 Å². The monoisotopic (exact) mass is 340 g/mol. The first-order valence-electron chi connectivity index (χ1n) is 7.99. The molecule has 0 aliphatic heterocycles. The summed E-state index contributed by atoms with van der Waals surface area (Å²) in [5, 5.41) is 18.1. The Morgan fingerprint density at radius 1 is 1.24 bits per heavy atom. The summed E-state index contributed by atoms with van der Waals surface area (Å²) < 4.78 is 3.30. The molecule has 2 aromatic heterocycles. The topological polar surface area (TPSA) is 103 Å². The van der Waals surface area contributed by atoms with Gasteiger partial charge in [-0.3, -0.25) is 9.48 Å². The van der Waals surface area contributed by atoms with Crippen molar-refractivity contribution in [3.8, 4) is 0 Å². The summed E-state index contributed by atoms with van der Waals surface area (Å²) in [6.07, 6.45) is 3.04. The number of nitrogens with one attached hydrogen (secondary N) is 1. The number of carbonyl (C=O) groups is 1. The predicted molar refractivity (Wildman–Crippen MR) is 89.4 cm³/mol. The highest BCUT2D eigenvalue weighted by Gasteiger charge is 2.23. The molecule has 1 amide bonds. The van der Waals surface area contributed by atoms with E-state index < -0.39 is 0 Å². The average molecular weight is 340 g/mol. The molecule has 0 spiro atoms. The number of hydrogen-bond donors (Lipinski definition) is 1. The van der Waals surface area contributed by atoms with Crippen LogP contribution in [0.2, 0.25) is 0 Å². The van der Waals surface area contributed by atoms with Crippen molar-refractivity contribution >= 4 is 5.91 Å². The molecule has 0 saturated carbocycles. The van der Waals surface area contributed by atoms with Gasteiger partial charge in [0.15, 0.2) is 0 Å². The molecule has 0 saturated heterocycles. The lowest BCUT2D eigenvalue weighted by atomic mass is 10.0. The molecule has 1 unspecified atom stereocenters. The number of nitrogens with zero attached hydrogens (tertiary/aromatic N) is 7. The van der Waals surface area contributed by atoms with E-state index in [-0.39, 0.29) is 17.9 Å². The van der Waals surface area contributed by atoms with E-state index in [1.54, 1.807) is 27.8 Å². The second-order valence-corrected chi connectivity index (χ2v) is 6.14. The maximum atomic E-state index is 12.6. The van der Waals surface area contributed by atoms with E-state index in [2.05, 4.69) is 30.9 Å². The van der Waals surface area contributed by atoms with Crippen molar-refractivity contribution in [3.63, 3.8) is 0 Å². The van der Waals surface area contributed by atoms with Gasteiger partial charge in [-0.2, -0.15) is 5.10 Å². The van der Waals surface area contributed by atoms with Crippen LogP contribution in [0, 0.1) is 5.92 Å². The quantitative estimate of drug-likeness (QED) is 0.717. The molecule has 1 atom stereocenters. The zero-order chi connectivity index (χ0) is 17.8. The van der Waals surface area contributed by atoms with Crippen LogP contribution < -0.4 is 5.32 Å². The lowest BCUT2D eigenvalue weighted by Gasteiger charge is -2.21. The van der Waals surface area contributed by atoms with Gasteiger partial charge in [0.2, 0.25) is 0 Å². The summed E-state index contributed by atoms with van der Waals surface area (Å²) in [4.78, 5) is 16.8. The summed E-state index contributed by atoms with van der Waals surface area (Å²) in [7, 11) is 1.82. The molecule has 25 heavy (non-hydrogen) atoms. The molecule has 0 aliphatic rings. The second kappa shape index (κ2) is 7.20. The zero-order valence-electron chi connectivity index (χ0n) is 14.4. The van der Waals surface area contributed by atoms with Crippen LogP contribution in [-0.4, -0.2) is 40.9 Å². The minimum absolute atomic E-state index is 0.143. The third kappa shape index (κ3) is 3.87. The summed E-state index contributed by atoms with van der Waals surface area (Å²) in [6, 6.07) is 7.17. The number of amides is 1. The van der Waals surface area contributed by atoms with Crippen molar-refractivity contribution in [2.45, 2.75) is 26.4 Å². The minimum Gasteiger partial charge on any atom is -0.342 e. The molecule has 0 fully saturated rings. The summed E-state index contributed by atoms with van der Waals surface area (Å²) >= 11 is 0. The van der Waals surface area contributed by atoms with Gasteiger partial charge in [0.1, 0.15) is 18.5 Å². The molecule has 130 valence electrons. The molecule has 1 N–H and O–H groups in total. The highest BCUT2D eigenvalue weighted by Crippen LogP contribution is 2.19. The van der Waals surface area contributed by atoms with Crippen molar-refractivity contribution in [1.82, 2.24) is 40.3 Å². The number of hydrogen-bond acceptors (Lipinski definition) is 6. The molecule has 3 rings (SSSR count). The number of tetrazole rings is 1. The molecular formula is C16H20N8O. The van der Waals surface area contributed by atoms with E-state index in [0.717, 1.165) is 11.4 Å². The normalized spacial score (nSPS) is 12.3. The van der Waals surface area contributed by atoms with Crippen molar-refractivity contribution in [2.75, 3.05) is 0 Å². The van der Waals surface area contributed by atoms with Crippen molar-refractivity contribution in [3.05, 3.63) is 53.9 Å². The van der Waals surface area contributed by atoms with Crippen LogP contribution in [-0.2, 0) is 13.6 Å². The van der Waals surface area contributed by atoms with Gasteiger partial charge in [-0.05, 0) is 34.0 Å². The Morgan fingerprint density at radius 3 is 2.56 bits per heavy atom. The lowest BCUT2D eigenvalue weighted by molar-refractivity contribution is 0.0922. The van der Waals surface area contributed by atoms with E-state index in [0.29, 0.717) is 12.1 Å². The van der Waals surface area contributed by atoms with Crippen LogP contribution in [0.3, 0.4) is 0 Å². The van der Waals surface area contributed by atoms with Crippen LogP contribution in [0.15, 0.2) is 36.9 Å². The van der Waals surface area contributed by atoms with Crippen molar-refractivity contribution < 1.29 is 4.79 Å². The molecule has 0 aliphatic carbocycles. The maximum Gasteiger partial charge on any atom is 0.251 e. The molecule has 0 radical (unpaired) electrons. The molecular weight excluding hydrogens is 320 g/mol. The van der Waals surface area contributed by atoms with Crippen LogP contribution in [0.4, 0.5) is 0 Å². The number of benzene rings is 1. The maximum absolute atomic E-state index is 12.6. The van der Waals surface area contributed by atoms with Gasteiger partial charge in [0, 0.05) is 12.6 Å². The van der Waals surface area contributed by atoms with E-state index in [1.807, 2.05) is 33.0 Å². The fourth-order valence-electron chi connectivity index (χ4n) is 2.54. The number of carbonyl (C=O) groups excluding carboxylic acids is 1. The van der Waals surface area contributed by atoms with Gasteiger partial charge in [0.25, 0.3) is 5.91 Å². The van der Waals surface area contributed by atoms with Crippen LogP contribution in [0.1, 0.15) is 41.6 Å². The Bertz CT molecular complexity index is 822. The zero-order valence-corrected chi connectivity index (χ0v) is 14.4. The smallest absolute Gasteiger partial charge is 0.251 e. The van der Waals surface area contributed by atoms with E-state index in [1.165, 1.54) is 6.33 Å². The van der Waals surface area contributed by atoms with Crippen LogP contribution in [0.5, 0.6) is 0 Å². The van der Waals surface area contributed by atoms with Crippen LogP contribution in [0.25, 0.3) is 0 Å². The Labute approximate surface area is 145 Å². The Hall–Kier alpha value is -3.10. The van der Waals surface area contributed by atoms with E-state index >= 15 is 0 Å². The van der Waals surface area contributed by atoms with Gasteiger partial charge in [-0.15, -0.1) is 5.10 Å². The lowest BCUT2D eigenvalue weighted by Crippen LogP contribution is -2.33. The Morgan fingerprint density at radius 2 is 2.00 bits per heavy atom. The Balaban J connectivity index is 1.70.